The van der Waals surface area contributed by atoms with Gasteiger partial charge in [0, 0.05) is 18.4 Å². The standard InChI is InChI=1S/C19H20N4O/c1-13-21-11-17-6-5-15(12-23(13)17)18(24)22-19(7-8-19)16-4-2-3-14(9-16)10-20/h2-4,9,11,15H,5-8,12H2,1H3,(H,22,24)/t15-/m1/s1. The number of amides is 1. The second-order valence-electron chi connectivity index (χ2n) is 6.91. The van der Waals surface area contributed by atoms with Gasteiger partial charge in [-0.3, -0.25) is 4.79 Å². The highest BCUT2D eigenvalue weighted by Gasteiger charge is 2.46. The second-order valence-corrected chi connectivity index (χ2v) is 6.91. The van der Waals surface area contributed by atoms with Gasteiger partial charge in [-0.15, -0.1) is 0 Å². The predicted molar refractivity (Wildman–Crippen MR) is 89.0 cm³/mol. The maximum atomic E-state index is 12.8. The van der Waals surface area contributed by atoms with Crippen LogP contribution in [0.1, 0.15) is 41.9 Å². The third-order valence-corrected chi connectivity index (χ3v) is 5.32. The molecule has 4 rings (SSSR count). The van der Waals surface area contributed by atoms with Crippen LogP contribution < -0.4 is 5.32 Å². The quantitative estimate of drug-likeness (QED) is 0.944. The first-order valence-corrected chi connectivity index (χ1v) is 8.45. The van der Waals surface area contributed by atoms with Gasteiger partial charge in [0.1, 0.15) is 5.82 Å². The van der Waals surface area contributed by atoms with Crippen LogP contribution in [0.3, 0.4) is 0 Å². The Labute approximate surface area is 141 Å². The normalized spacial score (nSPS) is 20.8. The summed E-state index contributed by atoms with van der Waals surface area (Å²) in [6.07, 6.45) is 5.56. The fraction of sp³-hybridized carbons (Fsp3) is 0.421. The van der Waals surface area contributed by atoms with Crippen molar-refractivity contribution in [2.45, 2.75) is 44.7 Å². The van der Waals surface area contributed by atoms with E-state index in [4.69, 9.17) is 5.26 Å². The molecule has 1 atom stereocenters. The molecule has 5 heteroatoms. The third kappa shape index (κ3) is 2.48. The Bertz CT molecular complexity index is 841. The summed E-state index contributed by atoms with van der Waals surface area (Å²) in [4.78, 5) is 17.2. The lowest BCUT2D eigenvalue weighted by Crippen LogP contribution is -2.42. The van der Waals surface area contributed by atoms with Crippen molar-refractivity contribution >= 4 is 5.91 Å². The highest BCUT2D eigenvalue weighted by molar-refractivity contribution is 5.80. The molecule has 122 valence electrons. The molecule has 5 nitrogen and oxygen atoms in total. The van der Waals surface area contributed by atoms with E-state index < -0.39 is 0 Å². The first kappa shape index (κ1) is 14.9. The van der Waals surface area contributed by atoms with E-state index in [1.54, 1.807) is 6.07 Å². The lowest BCUT2D eigenvalue weighted by atomic mass is 9.95. The van der Waals surface area contributed by atoms with Crippen molar-refractivity contribution in [2.24, 2.45) is 5.92 Å². The number of hydrogen-bond acceptors (Lipinski definition) is 3. The monoisotopic (exact) mass is 320 g/mol. The number of benzene rings is 1. The minimum Gasteiger partial charge on any atom is -0.346 e. The van der Waals surface area contributed by atoms with E-state index in [2.05, 4.69) is 20.9 Å². The summed E-state index contributed by atoms with van der Waals surface area (Å²) in [5, 5.41) is 12.4. The predicted octanol–water partition coefficient (Wildman–Crippen LogP) is 2.43. The van der Waals surface area contributed by atoms with Crippen LogP contribution in [-0.2, 0) is 23.3 Å². The number of carbonyl (C=O) groups excluding carboxylic acids is 1. The lowest BCUT2D eigenvalue weighted by molar-refractivity contribution is -0.127. The molecule has 1 aliphatic carbocycles. The maximum Gasteiger partial charge on any atom is 0.225 e. The molecule has 24 heavy (non-hydrogen) atoms. The number of nitriles is 1. The average molecular weight is 320 g/mol. The average Bonchev–Trinajstić information content (AvgIpc) is 3.31. The Kier molecular flexibility index (Phi) is 3.42. The van der Waals surface area contributed by atoms with E-state index in [0.717, 1.165) is 37.1 Å². The zero-order valence-electron chi connectivity index (χ0n) is 13.7. The summed E-state index contributed by atoms with van der Waals surface area (Å²) < 4.78 is 2.16. The highest BCUT2D eigenvalue weighted by Crippen LogP contribution is 2.46. The molecule has 2 aromatic rings. The fourth-order valence-electron chi connectivity index (χ4n) is 3.65. The van der Waals surface area contributed by atoms with Gasteiger partial charge in [0.15, 0.2) is 0 Å². The van der Waals surface area contributed by atoms with E-state index in [1.807, 2.05) is 31.3 Å². The number of fused-ring (bicyclic) bond motifs is 1. The second kappa shape index (κ2) is 5.48. The van der Waals surface area contributed by atoms with Gasteiger partial charge in [-0.1, -0.05) is 12.1 Å². The molecule has 1 N–H and O–H groups in total. The van der Waals surface area contributed by atoms with Crippen molar-refractivity contribution in [3.63, 3.8) is 0 Å². The minimum absolute atomic E-state index is 0.0120. The summed E-state index contributed by atoms with van der Waals surface area (Å²) in [7, 11) is 0. The number of rotatable bonds is 3. The molecule has 1 saturated carbocycles. The smallest absolute Gasteiger partial charge is 0.225 e. The molecule has 2 heterocycles. The molecule has 1 aromatic heterocycles. The van der Waals surface area contributed by atoms with Gasteiger partial charge in [-0.25, -0.2) is 4.98 Å². The molecule has 0 saturated heterocycles. The Morgan fingerprint density at radius 3 is 3.04 bits per heavy atom. The van der Waals surface area contributed by atoms with Crippen LogP contribution in [0.5, 0.6) is 0 Å². The molecule has 0 bridgehead atoms. The number of aryl methyl sites for hydroxylation is 2. The van der Waals surface area contributed by atoms with Crippen molar-refractivity contribution in [3.8, 4) is 6.07 Å². The van der Waals surface area contributed by atoms with Gasteiger partial charge in [0.25, 0.3) is 0 Å². The summed E-state index contributed by atoms with van der Waals surface area (Å²) in [5.41, 5.74) is 2.64. The van der Waals surface area contributed by atoms with Crippen molar-refractivity contribution in [1.29, 1.82) is 5.26 Å². The molecule has 0 spiro atoms. The zero-order valence-corrected chi connectivity index (χ0v) is 13.7. The molecule has 1 aliphatic heterocycles. The Morgan fingerprint density at radius 2 is 2.29 bits per heavy atom. The highest BCUT2D eigenvalue weighted by atomic mass is 16.2. The number of aromatic nitrogens is 2. The molecule has 1 fully saturated rings. The summed E-state index contributed by atoms with van der Waals surface area (Å²) >= 11 is 0. The Hall–Kier alpha value is -2.61. The van der Waals surface area contributed by atoms with Crippen molar-refractivity contribution < 1.29 is 4.79 Å². The van der Waals surface area contributed by atoms with Gasteiger partial charge < -0.3 is 9.88 Å². The van der Waals surface area contributed by atoms with E-state index in [-0.39, 0.29) is 17.4 Å². The largest absolute Gasteiger partial charge is 0.346 e. The van der Waals surface area contributed by atoms with E-state index in [1.165, 1.54) is 5.69 Å². The van der Waals surface area contributed by atoms with Crippen LogP contribution in [-0.4, -0.2) is 15.5 Å². The Balaban J connectivity index is 1.50. The lowest BCUT2D eigenvalue weighted by Gasteiger charge is -2.27. The third-order valence-electron chi connectivity index (χ3n) is 5.32. The van der Waals surface area contributed by atoms with Gasteiger partial charge in [0.2, 0.25) is 5.91 Å². The van der Waals surface area contributed by atoms with Gasteiger partial charge in [-0.05, 0) is 50.3 Å². The minimum atomic E-state index is -0.270. The first-order valence-electron chi connectivity index (χ1n) is 8.45. The molecule has 0 radical (unpaired) electrons. The van der Waals surface area contributed by atoms with E-state index in [0.29, 0.717) is 12.1 Å². The number of hydrogen-bond donors (Lipinski definition) is 1. The molecular formula is C19H20N4O. The van der Waals surface area contributed by atoms with Crippen molar-refractivity contribution in [1.82, 2.24) is 14.9 Å². The Morgan fingerprint density at radius 1 is 1.46 bits per heavy atom. The molecule has 2 aliphatic rings. The topological polar surface area (TPSA) is 70.7 Å². The fourth-order valence-corrected chi connectivity index (χ4v) is 3.65. The zero-order chi connectivity index (χ0) is 16.7. The molecular weight excluding hydrogens is 300 g/mol. The SMILES string of the molecule is Cc1ncc2n1C[C@H](C(=O)NC1(c3cccc(C#N)c3)CC1)CC2. The van der Waals surface area contributed by atoms with Crippen molar-refractivity contribution in [2.75, 3.05) is 0 Å². The summed E-state index contributed by atoms with van der Waals surface area (Å²) in [6, 6.07) is 9.77. The van der Waals surface area contributed by atoms with Gasteiger partial charge in [-0.2, -0.15) is 5.26 Å². The number of nitrogens with zero attached hydrogens (tertiary/aromatic N) is 3. The number of carbonyl (C=O) groups is 1. The van der Waals surface area contributed by atoms with Crippen LogP contribution in [0.2, 0.25) is 0 Å². The van der Waals surface area contributed by atoms with Gasteiger partial charge >= 0.3 is 0 Å². The van der Waals surface area contributed by atoms with E-state index in [9.17, 15) is 4.79 Å². The van der Waals surface area contributed by atoms with Crippen LogP contribution in [0, 0.1) is 24.2 Å². The van der Waals surface area contributed by atoms with Crippen LogP contribution in [0.15, 0.2) is 30.5 Å². The number of imidazole rings is 1. The van der Waals surface area contributed by atoms with Crippen LogP contribution in [0.4, 0.5) is 0 Å². The van der Waals surface area contributed by atoms with Gasteiger partial charge in [0.05, 0.1) is 23.1 Å². The van der Waals surface area contributed by atoms with Crippen LogP contribution >= 0.6 is 0 Å². The first-order chi connectivity index (χ1) is 11.6. The molecule has 1 amide bonds. The van der Waals surface area contributed by atoms with Crippen LogP contribution in [0.25, 0.3) is 0 Å². The molecule has 1 aromatic carbocycles. The molecule has 0 unspecified atom stereocenters. The van der Waals surface area contributed by atoms with E-state index >= 15 is 0 Å². The summed E-state index contributed by atoms with van der Waals surface area (Å²) in [6.45, 7) is 2.70. The maximum absolute atomic E-state index is 12.8. The van der Waals surface area contributed by atoms with Crippen molar-refractivity contribution in [3.05, 3.63) is 53.1 Å². The number of nitrogens with one attached hydrogen (secondary N) is 1. The summed E-state index contributed by atoms with van der Waals surface area (Å²) in [5.74, 6) is 1.08.